The molecule has 28 heavy (non-hydrogen) atoms. The zero-order valence-corrected chi connectivity index (χ0v) is 14.7. The number of hydrogen-bond donors (Lipinski definition) is 3. The summed E-state index contributed by atoms with van der Waals surface area (Å²) in [6.45, 7) is 0. The minimum atomic E-state index is -0.726. The van der Waals surface area contributed by atoms with Crippen molar-refractivity contribution in [3.05, 3.63) is 69.8 Å². The molecule has 3 rings (SSSR count). The van der Waals surface area contributed by atoms with Crippen molar-refractivity contribution in [3.8, 4) is 5.75 Å². The second kappa shape index (κ2) is 7.99. The summed E-state index contributed by atoms with van der Waals surface area (Å²) >= 11 is 0. The monoisotopic (exact) mass is 380 g/mol. The van der Waals surface area contributed by atoms with Crippen molar-refractivity contribution < 1.29 is 14.5 Å². The summed E-state index contributed by atoms with van der Waals surface area (Å²) in [6.07, 6.45) is 1.53. The molecular weight excluding hydrogens is 364 g/mol. The lowest BCUT2D eigenvalue weighted by atomic mass is 10.2. The van der Waals surface area contributed by atoms with Crippen molar-refractivity contribution in [3.63, 3.8) is 0 Å². The number of carbonyl (C=O) groups excluding carboxylic acids is 1. The fourth-order valence-corrected chi connectivity index (χ4v) is 2.42. The van der Waals surface area contributed by atoms with Gasteiger partial charge in [-0.05, 0) is 29.8 Å². The molecule has 0 radical (unpaired) electrons. The first kappa shape index (κ1) is 18.6. The molecule has 2 aromatic carbocycles. The molecule has 3 aromatic rings. The van der Waals surface area contributed by atoms with Gasteiger partial charge in [-0.25, -0.2) is 4.99 Å². The van der Waals surface area contributed by atoms with Gasteiger partial charge in [0, 0.05) is 24.0 Å². The van der Waals surface area contributed by atoms with E-state index >= 15 is 0 Å². The summed E-state index contributed by atoms with van der Waals surface area (Å²) in [5.74, 6) is 0.288. The number of methoxy groups -OCH3 is 1. The number of nitrogens with two attached hydrogens (primary N) is 1. The van der Waals surface area contributed by atoms with E-state index < -0.39 is 10.8 Å². The molecular formula is C18H16N6O4. The molecule has 0 unspecified atom stereocenters. The van der Waals surface area contributed by atoms with Crippen molar-refractivity contribution in [1.82, 2.24) is 10.2 Å². The highest BCUT2D eigenvalue weighted by Crippen LogP contribution is 2.27. The Kier molecular flexibility index (Phi) is 5.30. The molecule has 0 spiro atoms. The van der Waals surface area contributed by atoms with E-state index in [9.17, 15) is 14.9 Å². The standard InChI is InChI=1S/C18H16N6O4/c1-28-14-4-2-3-11(9-14)10-20-17-15(16(19)25)18(23-22-17)21-12-5-7-13(8-6-12)24(26)27/h2-10H,1H3,(H2,19,25)(H2,21,22,23). The third-order valence-electron chi connectivity index (χ3n) is 3.77. The third kappa shape index (κ3) is 4.12. The van der Waals surface area contributed by atoms with E-state index in [1.807, 2.05) is 6.07 Å². The molecule has 1 amide bonds. The molecule has 10 nitrogen and oxygen atoms in total. The number of non-ortho nitro benzene ring substituents is 1. The van der Waals surface area contributed by atoms with Crippen LogP contribution in [0.2, 0.25) is 0 Å². The van der Waals surface area contributed by atoms with Crippen molar-refractivity contribution in [2.45, 2.75) is 0 Å². The number of nitro benzene ring substituents is 1. The van der Waals surface area contributed by atoms with E-state index in [-0.39, 0.29) is 22.9 Å². The zero-order chi connectivity index (χ0) is 20.1. The summed E-state index contributed by atoms with van der Waals surface area (Å²) in [5, 5.41) is 20.3. The number of nitrogens with one attached hydrogen (secondary N) is 2. The number of anilines is 2. The van der Waals surface area contributed by atoms with Crippen LogP contribution in [0.25, 0.3) is 0 Å². The quantitative estimate of drug-likeness (QED) is 0.326. The Balaban J connectivity index is 1.86. The second-order valence-electron chi connectivity index (χ2n) is 5.63. The number of rotatable bonds is 7. The van der Waals surface area contributed by atoms with Gasteiger partial charge >= 0.3 is 0 Å². The first-order valence-electron chi connectivity index (χ1n) is 8.05. The lowest BCUT2D eigenvalue weighted by molar-refractivity contribution is -0.384. The van der Waals surface area contributed by atoms with Crippen LogP contribution in [-0.4, -0.2) is 34.4 Å². The van der Waals surface area contributed by atoms with Crippen LogP contribution >= 0.6 is 0 Å². The van der Waals surface area contributed by atoms with E-state index in [1.54, 1.807) is 25.3 Å². The van der Waals surface area contributed by atoms with Crippen LogP contribution in [-0.2, 0) is 0 Å². The van der Waals surface area contributed by atoms with Crippen LogP contribution in [0.4, 0.5) is 23.0 Å². The number of aromatic amines is 1. The molecule has 0 aliphatic carbocycles. The number of nitro groups is 1. The van der Waals surface area contributed by atoms with Gasteiger partial charge < -0.3 is 15.8 Å². The van der Waals surface area contributed by atoms with Gasteiger partial charge in [-0.1, -0.05) is 12.1 Å². The molecule has 1 heterocycles. The molecule has 1 aromatic heterocycles. The van der Waals surface area contributed by atoms with Crippen LogP contribution < -0.4 is 15.8 Å². The van der Waals surface area contributed by atoms with Gasteiger partial charge in [0.1, 0.15) is 17.1 Å². The second-order valence-corrected chi connectivity index (χ2v) is 5.63. The molecule has 4 N–H and O–H groups in total. The maximum Gasteiger partial charge on any atom is 0.269 e. The maximum atomic E-state index is 11.9. The number of H-pyrrole nitrogens is 1. The van der Waals surface area contributed by atoms with Gasteiger partial charge in [-0.15, -0.1) is 0 Å². The number of aliphatic imine (C=N–C) groups is 1. The highest BCUT2D eigenvalue weighted by Gasteiger charge is 2.18. The minimum Gasteiger partial charge on any atom is -0.497 e. The fourth-order valence-electron chi connectivity index (χ4n) is 2.42. The van der Waals surface area contributed by atoms with E-state index in [1.165, 1.54) is 30.5 Å². The molecule has 0 aliphatic rings. The number of nitrogens with zero attached hydrogens (tertiary/aromatic N) is 3. The summed E-state index contributed by atoms with van der Waals surface area (Å²) in [4.78, 5) is 26.3. The van der Waals surface area contributed by atoms with Crippen molar-refractivity contribution in [2.24, 2.45) is 10.7 Å². The Morgan fingerprint density at radius 1 is 1.32 bits per heavy atom. The molecule has 0 aliphatic heterocycles. The van der Waals surface area contributed by atoms with Crippen LogP contribution in [0.5, 0.6) is 5.75 Å². The molecule has 0 saturated carbocycles. The first-order valence-corrected chi connectivity index (χ1v) is 8.05. The van der Waals surface area contributed by atoms with Gasteiger partial charge in [0.15, 0.2) is 5.82 Å². The highest BCUT2D eigenvalue weighted by atomic mass is 16.6. The smallest absolute Gasteiger partial charge is 0.269 e. The van der Waals surface area contributed by atoms with Crippen LogP contribution in [0.1, 0.15) is 15.9 Å². The van der Waals surface area contributed by atoms with Crippen molar-refractivity contribution in [2.75, 3.05) is 12.4 Å². The van der Waals surface area contributed by atoms with Gasteiger partial charge in [0.05, 0.1) is 12.0 Å². The van der Waals surface area contributed by atoms with Crippen molar-refractivity contribution in [1.29, 1.82) is 0 Å². The Labute approximate surface area is 159 Å². The largest absolute Gasteiger partial charge is 0.497 e. The predicted octanol–water partition coefficient (Wildman–Crippen LogP) is 2.92. The topological polar surface area (TPSA) is 149 Å². The van der Waals surface area contributed by atoms with Gasteiger partial charge in [0.25, 0.3) is 11.6 Å². The van der Waals surface area contributed by atoms with E-state index in [0.29, 0.717) is 11.4 Å². The van der Waals surface area contributed by atoms with Gasteiger partial charge in [-0.3, -0.25) is 20.0 Å². The molecule has 10 heteroatoms. The number of primary amides is 1. The number of hydrogen-bond acceptors (Lipinski definition) is 7. The van der Waals surface area contributed by atoms with Crippen LogP contribution in [0.15, 0.2) is 53.5 Å². The Morgan fingerprint density at radius 2 is 2.07 bits per heavy atom. The molecule has 142 valence electrons. The molecule has 0 fully saturated rings. The lowest BCUT2D eigenvalue weighted by Crippen LogP contribution is -2.12. The van der Waals surface area contributed by atoms with E-state index in [2.05, 4.69) is 20.5 Å². The first-order chi connectivity index (χ1) is 13.5. The maximum absolute atomic E-state index is 11.9. The Morgan fingerprint density at radius 3 is 2.71 bits per heavy atom. The summed E-state index contributed by atoms with van der Waals surface area (Å²) in [5.41, 5.74) is 6.76. The van der Waals surface area contributed by atoms with E-state index in [0.717, 1.165) is 5.56 Å². The van der Waals surface area contributed by atoms with Crippen LogP contribution in [0.3, 0.4) is 0 Å². The summed E-state index contributed by atoms with van der Waals surface area (Å²) in [6, 6.07) is 12.9. The van der Waals surface area contributed by atoms with Gasteiger partial charge in [0.2, 0.25) is 0 Å². The molecule has 0 saturated heterocycles. The lowest BCUT2D eigenvalue weighted by Gasteiger charge is -2.05. The highest BCUT2D eigenvalue weighted by molar-refractivity contribution is 6.03. The normalized spacial score (nSPS) is 10.8. The fraction of sp³-hybridized carbons (Fsp3) is 0.0556. The zero-order valence-electron chi connectivity index (χ0n) is 14.7. The number of benzene rings is 2. The SMILES string of the molecule is COc1cccc(C=Nc2n[nH]c(Nc3ccc([N+](=O)[O-])cc3)c2C(N)=O)c1. The average Bonchev–Trinajstić information content (AvgIpc) is 3.09. The van der Waals surface area contributed by atoms with Crippen molar-refractivity contribution >= 4 is 35.1 Å². The number of amides is 1. The van der Waals surface area contributed by atoms with Crippen LogP contribution in [0, 0.1) is 10.1 Å². The third-order valence-corrected chi connectivity index (χ3v) is 3.77. The van der Waals surface area contributed by atoms with Gasteiger partial charge in [-0.2, -0.15) is 5.10 Å². The number of aromatic nitrogens is 2. The molecule has 0 bridgehead atoms. The average molecular weight is 380 g/mol. The predicted molar refractivity (Wildman–Crippen MR) is 104 cm³/mol. The molecule has 0 atom stereocenters. The number of carbonyl (C=O) groups is 1. The Bertz CT molecular complexity index is 1040. The minimum absolute atomic E-state index is 0.0473. The number of ether oxygens (including phenoxy) is 1. The Hall–Kier alpha value is -4.21. The van der Waals surface area contributed by atoms with E-state index in [4.69, 9.17) is 10.5 Å². The summed E-state index contributed by atoms with van der Waals surface area (Å²) in [7, 11) is 1.56. The summed E-state index contributed by atoms with van der Waals surface area (Å²) < 4.78 is 5.15.